The molecule has 0 spiro atoms. The summed E-state index contributed by atoms with van der Waals surface area (Å²) < 4.78 is 1.82. The first-order valence-electron chi connectivity index (χ1n) is 6.94. The van der Waals surface area contributed by atoms with Crippen molar-refractivity contribution >= 4 is 16.7 Å². The smallest absolute Gasteiger partial charge is 0.170 e. The minimum atomic E-state index is 0.0591. The number of para-hydroxylation sites is 1. The zero-order chi connectivity index (χ0) is 15.0. The Bertz CT molecular complexity index is 833. The lowest BCUT2D eigenvalue weighted by Gasteiger charge is -2.04. The summed E-state index contributed by atoms with van der Waals surface area (Å²) in [7, 11) is 1.90. The van der Waals surface area contributed by atoms with Crippen LogP contribution in [0.15, 0.2) is 36.4 Å². The standard InChI is InChI=1S/C17H17N3O/c1-11-8-9-13(12(2)18-11)17(21)10-15-14-6-4-5-7-16(14)20(3)19-15/h4-9H,10H2,1-3H3. The minimum Gasteiger partial charge on any atom is -0.294 e. The molecule has 0 aliphatic heterocycles. The Kier molecular flexibility index (Phi) is 3.29. The van der Waals surface area contributed by atoms with Crippen LogP contribution in [-0.4, -0.2) is 20.5 Å². The molecule has 3 rings (SSSR count). The van der Waals surface area contributed by atoms with Gasteiger partial charge in [0.15, 0.2) is 5.78 Å². The van der Waals surface area contributed by atoms with Crippen molar-refractivity contribution in [1.29, 1.82) is 0 Å². The van der Waals surface area contributed by atoms with E-state index in [1.54, 1.807) is 0 Å². The molecular weight excluding hydrogens is 262 g/mol. The van der Waals surface area contributed by atoms with Crippen LogP contribution in [0.4, 0.5) is 0 Å². The highest BCUT2D eigenvalue weighted by Gasteiger charge is 2.15. The van der Waals surface area contributed by atoms with Gasteiger partial charge in [-0.2, -0.15) is 5.10 Å². The highest BCUT2D eigenvalue weighted by molar-refractivity contribution is 6.00. The van der Waals surface area contributed by atoms with Gasteiger partial charge < -0.3 is 0 Å². The summed E-state index contributed by atoms with van der Waals surface area (Å²) in [5.41, 5.74) is 4.24. The molecular formula is C17H17N3O. The highest BCUT2D eigenvalue weighted by Crippen LogP contribution is 2.19. The third kappa shape index (κ3) is 2.44. The van der Waals surface area contributed by atoms with Crippen LogP contribution in [0.25, 0.3) is 10.9 Å². The average molecular weight is 279 g/mol. The summed E-state index contributed by atoms with van der Waals surface area (Å²) in [4.78, 5) is 16.9. The maximum absolute atomic E-state index is 12.5. The summed E-state index contributed by atoms with van der Waals surface area (Å²) in [6.45, 7) is 3.80. The third-order valence-corrected chi connectivity index (χ3v) is 3.69. The van der Waals surface area contributed by atoms with E-state index in [1.165, 1.54) is 0 Å². The molecule has 0 aliphatic carbocycles. The Labute approximate surface area is 123 Å². The Morgan fingerprint density at radius 3 is 2.67 bits per heavy atom. The summed E-state index contributed by atoms with van der Waals surface area (Å²) >= 11 is 0. The van der Waals surface area contributed by atoms with Crippen LogP contribution in [-0.2, 0) is 13.5 Å². The number of pyridine rings is 1. The Hall–Kier alpha value is -2.49. The topological polar surface area (TPSA) is 47.8 Å². The van der Waals surface area contributed by atoms with Crippen molar-refractivity contribution in [2.24, 2.45) is 7.05 Å². The first kappa shape index (κ1) is 13.5. The molecule has 4 nitrogen and oxygen atoms in total. The minimum absolute atomic E-state index is 0.0591. The van der Waals surface area contributed by atoms with Gasteiger partial charge in [0, 0.05) is 29.4 Å². The van der Waals surface area contributed by atoms with Gasteiger partial charge in [-0.05, 0) is 32.0 Å². The number of rotatable bonds is 3. The van der Waals surface area contributed by atoms with Crippen LogP contribution in [0.5, 0.6) is 0 Å². The molecule has 3 aromatic rings. The quantitative estimate of drug-likeness (QED) is 0.692. The molecule has 0 N–H and O–H groups in total. The van der Waals surface area contributed by atoms with Crippen molar-refractivity contribution in [1.82, 2.24) is 14.8 Å². The fourth-order valence-electron chi connectivity index (χ4n) is 2.65. The molecule has 0 aliphatic rings. The Morgan fingerprint density at radius 1 is 1.14 bits per heavy atom. The maximum atomic E-state index is 12.5. The van der Waals surface area contributed by atoms with Gasteiger partial charge in [0.2, 0.25) is 0 Å². The number of carbonyl (C=O) groups is 1. The molecule has 0 atom stereocenters. The third-order valence-electron chi connectivity index (χ3n) is 3.69. The van der Waals surface area contributed by atoms with Crippen molar-refractivity contribution in [2.45, 2.75) is 20.3 Å². The zero-order valence-electron chi connectivity index (χ0n) is 12.4. The molecule has 0 saturated carbocycles. The molecule has 2 aromatic heterocycles. The second kappa shape index (κ2) is 5.13. The fourth-order valence-corrected chi connectivity index (χ4v) is 2.65. The van der Waals surface area contributed by atoms with E-state index in [1.807, 2.05) is 62.0 Å². The van der Waals surface area contributed by atoms with Crippen LogP contribution in [0.3, 0.4) is 0 Å². The number of nitrogens with zero attached hydrogens (tertiary/aromatic N) is 3. The van der Waals surface area contributed by atoms with E-state index in [2.05, 4.69) is 10.1 Å². The summed E-state index contributed by atoms with van der Waals surface area (Å²) in [6.07, 6.45) is 0.299. The van der Waals surface area contributed by atoms with Crippen LogP contribution < -0.4 is 0 Å². The number of Topliss-reactive ketones (excluding diaryl/α,β-unsaturated/α-hetero) is 1. The van der Waals surface area contributed by atoms with Crippen molar-refractivity contribution in [3.8, 4) is 0 Å². The molecule has 0 fully saturated rings. The van der Waals surface area contributed by atoms with E-state index in [9.17, 15) is 4.79 Å². The van der Waals surface area contributed by atoms with Crippen molar-refractivity contribution < 1.29 is 4.79 Å². The monoisotopic (exact) mass is 279 g/mol. The second-order valence-electron chi connectivity index (χ2n) is 5.27. The number of aromatic nitrogens is 3. The van der Waals surface area contributed by atoms with E-state index < -0.39 is 0 Å². The van der Waals surface area contributed by atoms with Gasteiger partial charge in [-0.15, -0.1) is 0 Å². The number of fused-ring (bicyclic) bond motifs is 1. The predicted molar refractivity (Wildman–Crippen MR) is 82.5 cm³/mol. The SMILES string of the molecule is Cc1ccc(C(=O)Cc2nn(C)c3ccccc23)c(C)n1. The van der Waals surface area contributed by atoms with Gasteiger partial charge in [0.05, 0.1) is 17.6 Å². The molecule has 0 unspecified atom stereocenters. The summed E-state index contributed by atoms with van der Waals surface area (Å²) in [5, 5.41) is 5.51. The van der Waals surface area contributed by atoms with Crippen LogP contribution in [0.2, 0.25) is 0 Å². The first-order chi connectivity index (χ1) is 10.1. The Balaban J connectivity index is 1.97. The first-order valence-corrected chi connectivity index (χ1v) is 6.94. The van der Waals surface area contributed by atoms with Crippen molar-refractivity contribution in [3.63, 3.8) is 0 Å². The second-order valence-corrected chi connectivity index (χ2v) is 5.27. The predicted octanol–water partition coefficient (Wildman–Crippen LogP) is 3.01. The van der Waals surface area contributed by atoms with E-state index >= 15 is 0 Å². The van der Waals surface area contributed by atoms with Gasteiger partial charge in [0.1, 0.15) is 0 Å². The van der Waals surface area contributed by atoms with Crippen molar-refractivity contribution in [3.05, 3.63) is 59.0 Å². The fraction of sp³-hybridized carbons (Fsp3) is 0.235. The molecule has 0 amide bonds. The van der Waals surface area contributed by atoms with Crippen molar-refractivity contribution in [2.75, 3.05) is 0 Å². The number of hydrogen-bond acceptors (Lipinski definition) is 3. The number of carbonyl (C=O) groups excluding carboxylic acids is 1. The molecule has 106 valence electrons. The average Bonchev–Trinajstić information content (AvgIpc) is 2.76. The van der Waals surface area contributed by atoms with E-state index in [0.29, 0.717) is 12.0 Å². The normalized spacial score (nSPS) is 11.0. The molecule has 1 aromatic carbocycles. The van der Waals surface area contributed by atoms with E-state index in [4.69, 9.17) is 0 Å². The summed E-state index contributed by atoms with van der Waals surface area (Å²) in [6, 6.07) is 11.7. The largest absolute Gasteiger partial charge is 0.294 e. The highest BCUT2D eigenvalue weighted by atomic mass is 16.1. The Morgan fingerprint density at radius 2 is 1.90 bits per heavy atom. The molecule has 2 heterocycles. The number of hydrogen-bond donors (Lipinski definition) is 0. The maximum Gasteiger partial charge on any atom is 0.170 e. The lowest BCUT2D eigenvalue weighted by molar-refractivity contribution is 0.0991. The van der Waals surface area contributed by atoms with Gasteiger partial charge in [-0.1, -0.05) is 18.2 Å². The molecule has 21 heavy (non-hydrogen) atoms. The molecule has 0 saturated heterocycles. The number of benzene rings is 1. The molecule has 0 bridgehead atoms. The van der Waals surface area contributed by atoms with Crippen LogP contribution in [0, 0.1) is 13.8 Å². The van der Waals surface area contributed by atoms with Crippen LogP contribution in [0.1, 0.15) is 27.4 Å². The van der Waals surface area contributed by atoms with Gasteiger partial charge in [0.25, 0.3) is 0 Å². The zero-order valence-corrected chi connectivity index (χ0v) is 12.4. The molecule has 4 heteroatoms. The molecule has 0 radical (unpaired) electrons. The van der Waals surface area contributed by atoms with E-state index in [-0.39, 0.29) is 5.78 Å². The lowest BCUT2D eigenvalue weighted by Crippen LogP contribution is -2.08. The number of aryl methyl sites for hydroxylation is 3. The van der Waals surface area contributed by atoms with Gasteiger partial charge in [-0.25, -0.2) is 0 Å². The number of ketones is 1. The van der Waals surface area contributed by atoms with Crippen LogP contribution >= 0.6 is 0 Å². The van der Waals surface area contributed by atoms with Gasteiger partial charge >= 0.3 is 0 Å². The van der Waals surface area contributed by atoms with Gasteiger partial charge in [-0.3, -0.25) is 14.5 Å². The lowest BCUT2D eigenvalue weighted by atomic mass is 10.0. The summed E-state index contributed by atoms with van der Waals surface area (Å²) in [5.74, 6) is 0.0591. The van der Waals surface area contributed by atoms with E-state index in [0.717, 1.165) is 28.0 Å².